The zero-order valence-corrected chi connectivity index (χ0v) is 18.6. The fraction of sp³-hybridized carbons (Fsp3) is 0.286. The molecule has 3 heterocycles. The van der Waals surface area contributed by atoms with Crippen LogP contribution in [-0.2, 0) is 13.0 Å². The highest BCUT2D eigenvalue weighted by atomic mass is 32.1. The number of nitrogens with two attached hydrogens (primary N) is 1. The molecule has 7 nitrogen and oxygen atoms in total. The largest absolute Gasteiger partial charge is 0.398 e. The van der Waals surface area contributed by atoms with Crippen molar-refractivity contribution in [2.45, 2.75) is 13.0 Å². The molecule has 3 N–H and O–H groups in total. The van der Waals surface area contributed by atoms with Crippen LogP contribution in [0.15, 0.2) is 45.9 Å². The van der Waals surface area contributed by atoms with Gasteiger partial charge < -0.3 is 20.9 Å². The van der Waals surface area contributed by atoms with Gasteiger partial charge in [-0.25, -0.2) is 4.79 Å². The van der Waals surface area contributed by atoms with Crippen molar-refractivity contribution in [2.75, 3.05) is 38.2 Å². The molecule has 30 heavy (non-hydrogen) atoms. The first-order valence-electron chi connectivity index (χ1n) is 9.44. The Morgan fingerprint density at radius 1 is 1.10 bits per heavy atom. The number of aromatic nitrogens is 1. The van der Waals surface area contributed by atoms with E-state index in [9.17, 15) is 9.59 Å². The van der Waals surface area contributed by atoms with Crippen molar-refractivity contribution < 1.29 is 9.59 Å². The van der Waals surface area contributed by atoms with Crippen molar-refractivity contribution in [1.82, 2.24) is 14.8 Å². The average Bonchev–Trinajstić information content (AvgIpc) is 3.37. The number of hydrogen-bond donors (Lipinski definition) is 2. The second-order valence-corrected chi connectivity index (χ2v) is 8.69. The van der Waals surface area contributed by atoms with Crippen LogP contribution in [0.2, 0.25) is 0 Å². The molecule has 0 radical (unpaired) electrons. The van der Waals surface area contributed by atoms with E-state index in [-0.39, 0.29) is 18.2 Å². The maximum atomic E-state index is 12.7. The van der Waals surface area contributed by atoms with Crippen molar-refractivity contribution in [2.24, 2.45) is 0 Å². The molecule has 0 unspecified atom stereocenters. The van der Waals surface area contributed by atoms with Crippen molar-refractivity contribution >= 4 is 45.9 Å². The Morgan fingerprint density at radius 3 is 2.53 bits per heavy atom. The van der Waals surface area contributed by atoms with Crippen LogP contribution in [-0.4, -0.2) is 53.8 Å². The molecule has 0 spiro atoms. The van der Waals surface area contributed by atoms with Gasteiger partial charge in [-0.05, 0) is 48.1 Å². The van der Waals surface area contributed by atoms with Crippen LogP contribution in [0.25, 0.3) is 0 Å². The Morgan fingerprint density at radius 2 is 1.93 bits per heavy atom. The normalized spacial score (nSPS) is 10.9. The predicted octanol–water partition coefficient (Wildman–Crippen LogP) is 3.81. The minimum Gasteiger partial charge on any atom is -0.398 e. The van der Waals surface area contributed by atoms with Crippen LogP contribution in [0.3, 0.4) is 0 Å². The van der Waals surface area contributed by atoms with Gasteiger partial charge in [0.05, 0.1) is 5.69 Å². The molecule has 3 aromatic heterocycles. The number of Topliss-reactive ketones (excluding diaryl/α,β-unsaturated/α-hetero) is 1. The lowest BCUT2D eigenvalue weighted by molar-refractivity contribution is 0.0988. The Balaban J connectivity index is 1.65. The van der Waals surface area contributed by atoms with Crippen LogP contribution in [0.4, 0.5) is 16.2 Å². The van der Waals surface area contributed by atoms with E-state index in [0.717, 1.165) is 23.4 Å². The van der Waals surface area contributed by atoms with Crippen molar-refractivity contribution in [3.8, 4) is 0 Å². The zero-order valence-electron chi connectivity index (χ0n) is 17.0. The lowest BCUT2D eigenvalue weighted by Crippen LogP contribution is -2.39. The molecule has 158 valence electrons. The van der Waals surface area contributed by atoms with Gasteiger partial charge in [-0.2, -0.15) is 11.3 Å². The number of nitrogens with zero attached hydrogens (tertiary/aromatic N) is 3. The standard InChI is InChI=1S/C21H25N5O2S2/c1-25(2)6-7-26(21(28)24-17-5-8-29-13-17)11-15-3-4-19(23-10-15)20(27)9-16-12-30-14-18(16)22/h3-5,8,10,12-14H,6-7,9,11,22H2,1-2H3,(H,24,28). The summed E-state index contributed by atoms with van der Waals surface area (Å²) in [6.07, 6.45) is 1.89. The molecule has 0 fully saturated rings. The van der Waals surface area contributed by atoms with E-state index in [0.29, 0.717) is 24.5 Å². The van der Waals surface area contributed by atoms with Gasteiger partial charge in [0.15, 0.2) is 5.78 Å². The van der Waals surface area contributed by atoms with Gasteiger partial charge in [-0.3, -0.25) is 9.78 Å². The van der Waals surface area contributed by atoms with Gasteiger partial charge in [0.2, 0.25) is 0 Å². The number of pyridine rings is 1. The first-order valence-corrected chi connectivity index (χ1v) is 11.3. The van der Waals surface area contributed by atoms with Gasteiger partial charge in [0.1, 0.15) is 5.69 Å². The summed E-state index contributed by atoms with van der Waals surface area (Å²) in [5.41, 5.74) is 9.37. The van der Waals surface area contributed by atoms with Gasteiger partial charge in [0.25, 0.3) is 0 Å². The number of rotatable bonds is 9. The molecular formula is C21H25N5O2S2. The summed E-state index contributed by atoms with van der Waals surface area (Å²) < 4.78 is 0. The summed E-state index contributed by atoms with van der Waals surface area (Å²) in [7, 11) is 3.94. The monoisotopic (exact) mass is 443 g/mol. The van der Waals surface area contributed by atoms with Crippen LogP contribution in [0, 0.1) is 0 Å². The molecule has 2 amide bonds. The molecule has 9 heteroatoms. The molecule has 0 aromatic carbocycles. The van der Waals surface area contributed by atoms with Crippen LogP contribution >= 0.6 is 22.7 Å². The SMILES string of the molecule is CN(C)CCN(Cc1ccc(C(=O)Cc2cscc2N)nc1)C(=O)Nc1ccsc1. The third-order valence-corrected chi connectivity index (χ3v) is 5.98. The number of urea groups is 1. The minimum atomic E-state index is -0.164. The summed E-state index contributed by atoms with van der Waals surface area (Å²) in [6, 6.07) is 5.26. The van der Waals surface area contributed by atoms with Crippen molar-refractivity contribution in [1.29, 1.82) is 0 Å². The Kier molecular flexibility index (Phi) is 7.56. The van der Waals surface area contributed by atoms with E-state index in [1.165, 1.54) is 22.7 Å². The van der Waals surface area contributed by atoms with Crippen molar-refractivity contribution in [3.63, 3.8) is 0 Å². The maximum absolute atomic E-state index is 12.7. The maximum Gasteiger partial charge on any atom is 0.322 e. The van der Waals surface area contributed by atoms with Crippen LogP contribution in [0.1, 0.15) is 21.6 Å². The second-order valence-electron chi connectivity index (χ2n) is 7.17. The van der Waals surface area contributed by atoms with E-state index < -0.39 is 0 Å². The quantitative estimate of drug-likeness (QED) is 0.491. The molecule has 0 aliphatic rings. The van der Waals surface area contributed by atoms with E-state index in [1.807, 2.05) is 52.6 Å². The second kappa shape index (κ2) is 10.3. The summed E-state index contributed by atoms with van der Waals surface area (Å²) in [6.45, 7) is 1.72. The fourth-order valence-corrected chi connectivity index (χ4v) is 4.09. The molecule has 3 aromatic rings. The topological polar surface area (TPSA) is 91.6 Å². The highest BCUT2D eigenvalue weighted by Crippen LogP contribution is 2.19. The van der Waals surface area contributed by atoms with E-state index in [1.54, 1.807) is 17.2 Å². The Labute approximate surface area is 184 Å². The number of carbonyl (C=O) groups is 2. The van der Waals surface area contributed by atoms with Crippen LogP contribution < -0.4 is 11.1 Å². The van der Waals surface area contributed by atoms with Gasteiger partial charge >= 0.3 is 6.03 Å². The average molecular weight is 444 g/mol. The molecule has 0 atom stereocenters. The van der Waals surface area contributed by atoms with E-state index in [2.05, 4.69) is 10.3 Å². The minimum absolute atomic E-state index is 0.0775. The lowest BCUT2D eigenvalue weighted by Gasteiger charge is -2.24. The number of hydrogen-bond acceptors (Lipinski definition) is 7. The predicted molar refractivity (Wildman–Crippen MR) is 123 cm³/mol. The first kappa shape index (κ1) is 21.9. The molecule has 0 saturated carbocycles. The summed E-state index contributed by atoms with van der Waals surface area (Å²) in [4.78, 5) is 33.3. The molecule has 0 saturated heterocycles. The number of carbonyl (C=O) groups excluding carboxylic acids is 2. The first-order chi connectivity index (χ1) is 14.4. The zero-order chi connectivity index (χ0) is 21.5. The van der Waals surface area contributed by atoms with Crippen LogP contribution in [0.5, 0.6) is 0 Å². The number of nitrogens with one attached hydrogen (secondary N) is 1. The number of anilines is 2. The molecule has 0 bridgehead atoms. The smallest absolute Gasteiger partial charge is 0.322 e. The Bertz CT molecular complexity index is 968. The third kappa shape index (κ3) is 6.12. The van der Waals surface area contributed by atoms with Crippen molar-refractivity contribution in [3.05, 3.63) is 62.7 Å². The van der Waals surface area contributed by atoms with E-state index >= 15 is 0 Å². The number of likely N-dealkylation sites (N-methyl/N-ethyl adjacent to an activating group) is 1. The summed E-state index contributed by atoms with van der Waals surface area (Å²) in [5.74, 6) is -0.0775. The summed E-state index contributed by atoms with van der Waals surface area (Å²) >= 11 is 3.01. The Hall–Kier alpha value is -2.75. The fourth-order valence-electron chi connectivity index (χ4n) is 2.76. The molecular weight excluding hydrogens is 418 g/mol. The summed E-state index contributed by atoms with van der Waals surface area (Å²) in [5, 5.41) is 10.4. The number of nitrogen functional groups attached to an aromatic ring is 1. The van der Waals surface area contributed by atoms with Gasteiger partial charge in [-0.15, -0.1) is 11.3 Å². The highest BCUT2D eigenvalue weighted by molar-refractivity contribution is 7.08. The lowest BCUT2D eigenvalue weighted by atomic mass is 10.1. The van der Waals surface area contributed by atoms with Gasteiger partial charge in [0, 0.05) is 48.7 Å². The number of thiophene rings is 2. The third-order valence-electron chi connectivity index (χ3n) is 4.49. The molecule has 0 aliphatic heterocycles. The highest BCUT2D eigenvalue weighted by Gasteiger charge is 2.16. The molecule has 0 aliphatic carbocycles. The number of ketones is 1. The molecule has 3 rings (SSSR count). The van der Waals surface area contributed by atoms with Gasteiger partial charge in [-0.1, -0.05) is 6.07 Å². The number of amides is 2. The van der Waals surface area contributed by atoms with E-state index in [4.69, 9.17) is 5.73 Å².